The van der Waals surface area contributed by atoms with E-state index >= 15 is 0 Å². The molecule has 8 aromatic rings. The lowest BCUT2D eigenvalue weighted by Crippen LogP contribution is -2.10. The second kappa shape index (κ2) is 9.16. The van der Waals surface area contributed by atoms with Crippen LogP contribution >= 0.6 is 0 Å². The highest BCUT2D eigenvalue weighted by Crippen LogP contribution is 2.41. The highest BCUT2D eigenvalue weighted by atomic mass is 15.5. The number of rotatable bonds is 3. The lowest BCUT2D eigenvalue weighted by atomic mass is 10.0. The highest BCUT2D eigenvalue weighted by molar-refractivity contribution is 6.16. The van der Waals surface area contributed by atoms with Crippen molar-refractivity contribution in [2.45, 2.75) is 0 Å². The Bertz CT molecular complexity index is 2280. The number of aromatic nitrogens is 4. The molecular formula is C36H20N6. The lowest BCUT2D eigenvalue weighted by Gasteiger charge is -2.17. The first kappa shape index (κ1) is 23.6. The van der Waals surface area contributed by atoms with Gasteiger partial charge in [0.15, 0.2) is 0 Å². The Morgan fingerprint density at radius 3 is 1.36 bits per heavy atom. The van der Waals surface area contributed by atoms with Gasteiger partial charge in [-0.1, -0.05) is 72.8 Å². The molecule has 0 saturated carbocycles. The molecule has 0 aliphatic carbocycles. The van der Waals surface area contributed by atoms with Crippen molar-refractivity contribution in [3.05, 3.63) is 133 Å². The molecule has 0 amide bonds. The average Bonchev–Trinajstić information content (AvgIpc) is 3.57. The van der Waals surface area contributed by atoms with Crippen LogP contribution in [0.3, 0.4) is 0 Å². The van der Waals surface area contributed by atoms with E-state index in [0.717, 1.165) is 66.1 Å². The molecule has 0 fully saturated rings. The zero-order valence-electron chi connectivity index (χ0n) is 22.2. The van der Waals surface area contributed by atoms with Crippen LogP contribution in [0.2, 0.25) is 0 Å². The van der Waals surface area contributed by atoms with Gasteiger partial charge in [0.2, 0.25) is 0 Å². The summed E-state index contributed by atoms with van der Waals surface area (Å²) in [6.07, 6.45) is 3.37. The van der Waals surface area contributed by atoms with Crippen LogP contribution in [-0.4, -0.2) is 19.3 Å². The monoisotopic (exact) mass is 536 g/mol. The van der Waals surface area contributed by atoms with E-state index in [2.05, 4.69) is 94.3 Å². The minimum absolute atomic E-state index is 0.558. The summed E-state index contributed by atoms with van der Waals surface area (Å²) >= 11 is 0. The van der Waals surface area contributed by atoms with Crippen molar-refractivity contribution in [3.8, 4) is 34.7 Å². The SMILES string of the molecule is N#Cc1ccnc(-c2cccc3c4ccccc4n(-n4c5ccccc5c5cccc(-c6cc(C#N)ccn6)c54)c23)c1. The van der Waals surface area contributed by atoms with Gasteiger partial charge in [0.1, 0.15) is 0 Å². The quantitative estimate of drug-likeness (QED) is 0.228. The minimum Gasteiger partial charge on any atom is -0.256 e. The number of pyridine rings is 2. The fourth-order valence-electron chi connectivity index (χ4n) is 6.11. The first-order chi connectivity index (χ1) is 20.8. The van der Waals surface area contributed by atoms with E-state index in [4.69, 9.17) is 9.97 Å². The van der Waals surface area contributed by atoms with E-state index in [9.17, 15) is 10.5 Å². The fraction of sp³-hybridized carbons (Fsp3) is 0. The number of nitriles is 2. The molecule has 0 aliphatic rings. The van der Waals surface area contributed by atoms with Crippen LogP contribution in [0.5, 0.6) is 0 Å². The van der Waals surface area contributed by atoms with Crippen LogP contribution < -0.4 is 0 Å². The molecule has 8 rings (SSSR count). The molecule has 6 heteroatoms. The third-order valence-electron chi connectivity index (χ3n) is 7.87. The smallest absolute Gasteiger partial charge is 0.0992 e. The van der Waals surface area contributed by atoms with Gasteiger partial charge >= 0.3 is 0 Å². The molecule has 0 radical (unpaired) electrons. The van der Waals surface area contributed by atoms with E-state index in [-0.39, 0.29) is 0 Å². The van der Waals surface area contributed by atoms with Crippen LogP contribution in [-0.2, 0) is 0 Å². The van der Waals surface area contributed by atoms with E-state index in [1.165, 1.54) is 0 Å². The van der Waals surface area contributed by atoms with Crippen molar-refractivity contribution in [1.82, 2.24) is 19.3 Å². The second-order valence-electron chi connectivity index (χ2n) is 10.1. The maximum atomic E-state index is 9.64. The van der Waals surface area contributed by atoms with Gasteiger partial charge in [0.05, 0.1) is 56.7 Å². The molecule has 0 bridgehead atoms. The Morgan fingerprint density at radius 1 is 0.476 bits per heavy atom. The van der Waals surface area contributed by atoms with Gasteiger partial charge in [0, 0.05) is 45.1 Å². The summed E-state index contributed by atoms with van der Waals surface area (Å²) in [5, 5.41) is 23.7. The van der Waals surface area contributed by atoms with Crippen molar-refractivity contribution >= 4 is 43.6 Å². The van der Waals surface area contributed by atoms with Gasteiger partial charge < -0.3 is 0 Å². The zero-order valence-corrected chi connectivity index (χ0v) is 22.2. The minimum atomic E-state index is 0.558. The Kier molecular flexibility index (Phi) is 5.15. The Morgan fingerprint density at radius 2 is 0.905 bits per heavy atom. The molecule has 0 atom stereocenters. The van der Waals surface area contributed by atoms with E-state index in [1.807, 2.05) is 24.3 Å². The summed E-state index contributed by atoms with van der Waals surface area (Å²) in [5.41, 5.74) is 8.46. The van der Waals surface area contributed by atoms with Gasteiger partial charge in [0.25, 0.3) is 0 Å². The third-order valence-corrected chi connectivity index (χ3v) is 7.87. The standard InChI is InChI=1S/C36H20N6/c37-21-23-15-17-39-31(19-23)29-11-5-9-27-25-7-1-3-13-33(25)41(35(27)29)42-34-14-4-2-8-26(34)28-10-6-12-30(36(28)42)32-20-24(22-38)16-18-40-32/h1-20H. The first-order valence-electron chi connectivity index (χ1n) is 13.5. The predicted octanol–water partition coefficient (Wildman–Crippen LogP) is 8.08. The van der Waals surface area contributed by atoms with Crippen molar-refractivity contribution in [2.75, 3.05) is 0 Å². The van der Waals surface area contributed by atoms with Gasteiger partial charge in [-0.3, -0.25) is 9.97 Å². The van der Waals surface area contributed by atoms with Crippen LogP contribution in [0.25, 0.3) is 66.1 Å². The normalized spacial score (nSPS) is 11.3. The summed E-state index contributed by atoms with van der Waals surface area (Å²) in [7, 11) is 0. The molecule has 4 aromatic heterocycles. The van der Waals surface area contributed by atoms with Crippen molar-refractivity contribution in [3.63, 3.8) is 0 Å². The van der Waals surface area contributed by atoms with Crippen LogP contribution in [0, 0.1) is 22.7 Å². The number of para-hydroxylation sites is 4. The molecule has 0 unspecified atom stereocenters. The molecule has 0 spiro atoms. The Labute approximate surface area is 240 Å². The van der Waals surface area contributed by atoms with E-state index in [0.29, 0.717) is 11.1 Å². The summed E-state index contributed by atoms with van der Waals surface area (Å²) < 4.78 is 4.53. The van der Waals surface area contributed by atoms with Crippen LogP contribution in [0.1, 0.15) is 11.1 Å². The molecular weight excluding hydrogens is 516 g/mol. The van der Waals surface area contributed by atoms with Crippen LogP contribution in [0.15, 0.2) is 122 Å². The second-order valence-corrected chi connectivity index (χ2v) is 10.1. The van der Waals surface area contributed by atoms with Crippen molar-refractivity contribution in [2.24, 2.45) is 0 Å². The molecule has 42 heavy (non-hydrogen) atoms. The summed E-state index contributed by atoms with van der Waals surface area (Å²) in [6.45, 7) is 0. The summed E-state index contributed by atoms with van der Waals surface area (Å²) in [6, 6.07) is 40.9. The number of hydrogen-bond donors (Lipinski definition) is 0. The largest absolute Gasteiger partial charge is 0.256 e. The Balaban J connectivity index is 1.60. The summed E-state index contributed by atoms with van der Waals surface area (Å²) in [4.78, 5) is 9.39. The van der Waals surface area contributed by atoms with Gasteiger partial charge in [-0.25, -0.2) is 9.35 Å². The number of benzene rings is 4. The maximum Gasteiger partial charge on any atom is 0.0992 e. The van der Waals surface area contributed by atoms with E-state index < -0.39 is 0 Å². The van der Waals surface area contributed by atoms with Crippen LogP contribution in [0.4, 0.5) is 0 Å². The maximum absolute atomic E-state index is 9.64. The lowest BCUT2D eigenvalue weighted by molar-refractivity contribution is 0.775. The molecule has 0 aliphatic heterocycles. The topological polar surface area (TPSA) is 83.2 Å². The fourth-order valence-corrected chi connectivity index (χ4v) is 6.11. The van der Waals surface area contributed by atoms with Gasteiger partial charge in [-0.05, 0) is 36.4 Å². The molecule has 6 nitrogen and oxygen atoms in total. The van der Waals surface area contributed by atoms with Crippen molar-refractivity contribution < 1.29 is 0 Å². The number of hydrogen-bond acceptors (Lipinski definition) is 4. The highest BCUT2D eigenvalue weighted by Gasteiger charge is 2.22. The third kappa shape index (κ3) is 3.37. The van der Waals surface area contributed by atoms with E-state index in [1.54, 1.807) is 24.5 Å². The first-order valence-corrected chi connectivity index (χ1v) is 13.5. The average molecular weight is 537 g/mol. The Hall–Kier alpha value is -6.24. The molecule has 0 saturated heterocycles. The summed E-state index contributed by atoms with van der Waals surface area (Å²) in [5.74, 6) is 0. The zero-order chi connectivity index (χ0) is 28.2. The van der Waals surface area contributed by atoms with Gasteiger partial charge in [-0.2, -0.15) is 10.5 Å². The molecule has 4 heterocycles. The number of nitrogens with zero attached hydrogens (tertiary/aromatic N) is 6. The molecule has 0 N–H and O–H groups in total. The molecule has 4 aromatic carbocycles. The number of fused-ring (bicyclic) bond motifs is 6. The van der Waals surface area contributed by atoms with Gasteiger partial charge in [-0.15, -0.1) is 0 Å². The predicted molar refractivity (Wildman–Crippen MR) is 166 cm³/mol. The molecule has 194 valence electrons. The van der Waals surface area contributed by atoms with Crippen molar-refractivity contribution in [1.29, 1.82) is 10.5 Å².